The van der Waals surface area contributed by atoms with Crippen molar-refractivity contribution in [3.63, 3.8) is 0 Å². The van der Waals surface area contributed by atoms with E-state index in [9.17, 15) is 35.9 Å². The molecule has 0 fully saturated rings. The first-order valence-corrected chi connectivity index (χ1v) is 7.45. The van der Waals surface area contributed by atoms with Crippen molar-refractivity contribution in [1.82, 2.24) is 0 Å². The molecule has 0 unspecified atom stereocenters. The average Bonchev–Trinajstić information content (AvgIpc) is 2.55. The standard InChI is InChI=1S/C17H10F6O6/c18-16(19,20)15(17(21,22)23,9-1-5-11(6-2-9)28-13(24)25)10-3-7-12(8-4-10)29-14(26)27/h1-8H,(H,24,25)(H,26,27). The fourth-order valence-corrected chi connectivity index (χ4v) is 2.73. The summed E-state index contributed by atoms with van der Waals surface area (Å²) >= 11 is 0. The molecule has 0 spiro atoms. The van der Waals surface area contributed by atoms with E-state index in [1.165, 1.54) is 0 Å². The number of hydrogen-bond donors (Lipinski definition) is 2. The van der Waals surface area contributed by atoms with Crippen LogP contribution >= 0.6 is 0 Å². The molecule has 0 aliphatic rings. The molecule has 0 amide bonds. The van der Waals surface area contributed by atoms with Crippen LogP contribution in [0.4, 0.5) is 35.9 Å². The highest BCUT2D eigenvalue weighted by Crippen LogP contribution is 2.56. The quantitative estimate of drug-likeness (QED) is 0.398. The Hall–Kier alpha value is -3.44. The summed E-state index contributed by atoms with van der Waals surface area (Å²) in [6.45, 7) is 0. The highest BCUT2D eigenvalue weighted by atomic mass is 19.4. The number of benzene rings is 2. The van der Waals surface area contributed by atoms with Crippen molar-refractivity contribution in [1.29, 1.82) is 0 Å². The van der Waals surface area contributed by atoms with E-state index in [4.69, 9.17) is 10.2 Å². The van der Waals surface area contributed by atoms with E-state index in [0.29, 0.717) is 48.5 Å². The third-order valence-electron chi connectivity index (χ3n) is 3.84. The second-order valence-corrected chi connectivity index (χ2v) is 5.53. The Morgan fingerprint density at radius 2 is 0.897 bits per heavy atom. The van der Waals surface area contributed by atoms with E-state index < -0.39 is 52.7 Å². The number of halogens is 6. The van der Waals surface area contributed by atoms with Gasteiger partial charge in [0.2, 0.25) is 5.41 Å². The Bertz CT molecular complexity index is 811. The molecule has 2 aromatic rings. The van der Waals surface area contributed by atoms with Crippen molar-refractivity contribution in [3.8, 4) is 11.5 Å². The fourth-order valence-electron chi connectivity index (χ4n) is 2.73. The van der Waals surface area contributed by atoms with Gasteiger partial charge in [-0.25, -0.2) is 9.59 Å². The predicted molar refractivity (Wildman–Crippen MR) is 83.1 cm³/mol. The number of hydrogen-bond acceptors (Lipinski definition) is 4. The third kappa shape index (κ3) is 4.20. The molecule has 0 saturated carbocycles. The Labute approximate surface area is 157 Å². The lowest BCUT2D eigenvalue weighted by atomic mass is 9.73. The van der Waals surface area contributed by atoms with Gasteiger partial charge in [0.25, 0.3) is 0 Å². The summed E-state index contributed by atoms with van der Waals surface area (Å²) in [7, 11) is 0. The van der Waals surface area contributed by atoms with Gasteiger partial charge in [-0.2, -0.15) is 26.3 Å². The van der Waals surface area contributed by atoms with Gasteiger partial charge in [-0.05, 0) is 35.4 Å². The maximum atomic E-state index is 13.9. The lowest BCUT2D eigenvalue weighted by Gasteiger charge is -2.38. The number of carboxylic acid groups (broad SMARTS) is 2. The zero-order chi connectivity index (χ0) is 22.0. The lowest BCUT2D eigenvalue weighted by Crippen LogP contribution is -2.54. The van der Waals surface area contributed by atoms with Crippen molar-refractivity contribution in [3.05, 3.63) is 59.7 Å². The molecule has 0 atom stereocenters. The van der Waals surface area contributed by atoms with Gasteiger partial charge in [0.1, 0.15) is 11.5 Å². The second-order valence-electron chi connectivity index (χ2n) is 5.53. The van der Waals surface area contributed by atoms with Crippen molar-refractivity contribution in [2.45, 2.75) is 17.8 Å². The molecule has 0 radical (unpaired) electrons. The van der Waals surface area contributed by atoms with Crippen LogP contribution in [0.5, 0.6) is 11.5 Å². The fraction of sp³-hybridized carbons (Fsp3) is 0.176. The monoisotopic (exact) mass is 424 g/mol. The second kappa shape index (κ2) is 7.53. The SMILES string of the molecule is O=C(O)Oc1ccc(C(c2ccc(OC(=O)O)cc2)(C(F)(F)F)C(F)(F)F)cc1. The minimum Gasteiger partial charge on any atom is -0.449 e. The van der Waals surface area contributed by atoms with Crippen LogP contribution in [0.2, 0.25) is 0 Å². The van der Waals surface area contributed by atoms with Crippen LogP contribution in [-0.4, -0.2) is 34.9 Å². The number of rotatable bonds is 4. The smallest absolute Gasteiger partial charge is 0.449 e. The highest BCUT2D eigenvalue weighted by Gasteiger charge is 2.72. The Morgan fingerprint density at radius 3 is 1.10 bits per heavy atom. The number of alkyl halides is 6. The molecule has 0 bridgehead atoms. The predicted octanol–water partition coefficient (Wildman–Crippen LogP) is 5.21. The van der Waals surface area contributed by atoms with Crippen molar-refractivity contribution < 1.29 is 55.6 Å². The normalized spacial score (nSPS) is 12.3. The van der Waals surface area contributed by atoms with Crippen molar-refractivity contribution >= 4 is 12.3 Å². The Balaban J connectivity index is 2.69. The van der Waals surface area contributed by atoms with Gasteiger partial charge in [0.05, 0.1) is 0 Å². The van der Waals surface area contributed by atoms with Gasteiger partial charge in [-0.1, -0.05) is 24.3 Å². The van der Waals surface area contributed by atoms with Crippen molar-refractivity contribution in [2.75, 3.05) is 0 Å². The Kier molecular flexibility index (Phi) is 5.67. The van der Waals surface area contributed by atoms with Gasteiger partial charge >= 0.3 is 24.7 Å². The van der Waals surface area contributed by atoms with E-state index in [0.717, 1.165) is 0 Å². The first-order chi connectivity index (χ1) is 13.3. The molecule has 2 rings (SSSR count). The molecule has 0 aromatic heterocycles. The summed E-state index contributed by atoms with van der Waals surface area (Å²) in [5.41, 5.74) is -6.98. The van der Waals surface area contributed by atoms with E-state index in [1.807, 2.05) is 0 Å². The van der Waals surface area contributed by atoms with Gasteiger partial charge in [-0.3, -0.25) is 0 Å². The molecule has 0 heterocycles. The summed E-state index contributed by atoms with van der Waals surface area (Å²) in [6, 6.07) is 4.38. The van der Waals surface area contributed by atoms with E-state index >= 15 is 0 Å². The maximum Gasteiger partial charge on any atom is 0.511 e. The average molecular weight is 424 g/mol. The summed E-state index contributed by atoms with van der Waals surface area (Å²) < 4.78 is 91.7. The maximum absolute atomic E-state index is 13.9. The zero-order valence-electron chi connectivity index (χ0n) is 13.9. The molecular formula is C17H10F6O6. The number of ether oxygens (including phenoxy) is 2. The topological polar surface area (TPSA) is 93.1 Å². The van der Waals surface area contributed by atoms with Crippen LogP contribution in [0.25, 0.3) is 0 Å². The summed E-state index contributed by atoms with van der Waals surface area (Å²) in [5, 5.41) is 17.0. The van der Waals surface area contributed by atoms with Crippen LogP contribution in [0.15, 0.2) is 48.5 Å². The van der Waals surface area contributed by atoms with Gasteiger partial charge in [-0.15, -0.1) is 0 Å². The molecule has 2 N–H and O–H groups in total. The summed E-state index contributed by atoms with van der Waals surface area (Å²) in [5.74, 6) is -0.964. The molecule has 6 nitrogen and oxygen atoms in total. The van der Waals surface area contributed by atoms with Gasteiger partial charge < -0.3 is 19.7 Å². The van der Waals surface area contributed by atoms with E-state index in [-0.39, 0.29) is 0 Å². The van der Waals surface area contributed by atoms with Crippen LogP contribution in [0.3, 0.4) is 0 Å². The molecule has 0 aliphatic carbocycles. The van der Waals surface area contributed by atoms with Crippen LogP contribution < -0.4 is 9.47 Å². The zero-order valence-corrected chi connectivity index (χ0v) is 13.9. The number of carbonyl (C=O) groups is 2. The molecule has 29 heavy (non-hydrogen) atoms. The molecule has 156 valence electrons. The molecule has 2 aromatic carbocycles. The van der Waals surface area contributed by atoms with Crippen LogP contribution in [0, 0.1) is 0 Å². The minimum atomic E-state index is -5.87. The van der Waals surface area contributed by atoms with Crippen LogP contribution in [0.1, 0.15) is 11.1 Å². The van der Waals surface area contributed by atoms with E-state index in [1.54, 1.807) is 0 Å². The van der Waals surface area contributed by atoms with E-state index in [2.05, 4.69) is 9.47 Å². The first-order valence-electron chi connectivity index (χ1n) is 7.45. The molecule has 12 heteroatoms. The third-order valence-corrected chi connectivity index (χ3v) is 3.84. The summed E-state index contributed by atoms with van der Waals surface area (Å²) in [6.07, 6.45) is -15.3. The summed E-state index contributed by atoms with van der Waals surface area (Å²) in [4.78, 5) is 20.9. The molecular weight excluding hydrogens is 414 g/mol. The van der Waals surface area contributed by atoms with Gasteiger partial charge in [0.15, 0.2) is 0 Å². The molecule has 0 saturated heterocycles. The van der Waals surface area contributed by atoms with Crippen LogP contribution in [-0.2, 0) is 5.41 Å². The minimum absolute atomic E-state index is 0.445. The largest absolute Gasteiger partial charge is 0.511 e. The Morgan fingerprint density at radius 1 is 0.621 bits per heavy atom. The first kappa shape index (κ1) is 21.9. The lowest BCUT2D eigenvalue weighted by molar-refractivity contribution is -0.288. The van der Waals surface area contributed by atoms with Gasteiger partial charge in [0, 0.05) is 0 Å². The molecule has 0 aliphatic heterocycles. The highest BCUT2D eigenvalue weighted by molar-refractivity contribution is 5.62. The van der Waals surface area contributed by atoms with Crippen molar-refractivity contribution in [2.24, 2.45) is 0 Å².